The van der Waals surface area contributed by atoms with Crippen molar-refractivity contribution in [3.8, 4) is 5.88 Å². The molecule has 39 heavy (non-hydrogen) atoms. The maximum Gasteiger partial charge on any atom is 0.433 e. The van der Waals surface area contributed by atoms with E-state index >= 15 is 0 Å². The van der Waals surface area contributed by atoms with Crippen LogP contribution in [0.4, 0.5) is 13.2 Å². The summed E-state index contributed by atoms with van der Waals surface area (Å²) in [5, 5.41) is 0. The highest BCUT2D eigenvalue weighted by Crippen LogP contribution is 2.52. The van der Waals surface area contributed by atoms with Gasteiger partial charge in [-0.15, -0.1) is 0 Å². The van der Waals surface area contributed by atoms with Crippen molar-refractivity contribution >= 4 is 23.1 Å². The normalized spacial score (nSPS) is 23.3. The van der Waals surface area contributed by atoms with Crippen LogP contribution in [0.1, 0.15) is 47.7 Å². The molecule has 1 saturated carbocycles. The van der Waals surface area contributed by atoms with Crippen LogP contribution in [0.3, 0.4) is 0 Å². The molecule has 3 fully saturated rings. The van der Waals surface area contributed by atoms with Crippen LogP contribution >= 0.6 is 0 Å². The number of hydrogen-bond donors (Lipinski definition) is 0. The number of fused-ring (bicyclic) bond motifs is 2. The molecule has 3 aromatic rings. The van der Waals surface area contributed by atoms with E-state index in [-0.39, 0.29) is 53.7 Å². The number of imidazole rings is 1. The molecular formula is C26H28F3N7O3. The smallest absolute Gasteiger partial charge is 0.433 e. The molecule has 2 amide bonds. The molecular weight excluding hydrogens is 515 g/mol. The Morgan fingerprint density at radius 1 is 1.05 bits per heavy atom. The Labute approximate surface area is 222 Å². The number of halogens is 3. The second-order valence-electron chi connectivity index (χ2n) is 10.6. The van der Waals surface area contributed by atoms with Crippen LogP contribution in [-0.4, -0.2) is 78.9 Å². The van der Waals surface area contributed by atoms with Crippen LogP contribution in [-0.2, 0) is 18.0 Å². The fourth-order valence-corrected chi connectivity index (χ4v) is 5.95. The van der Waals surface area contributed by atoms with Gasteiger partial charge in [0.15, 0.2) is 11.3 Å². The van der Waals surface area contributed by atoms with Crippen molar-refractivity contribution < 1.29 is 27.5 Å². The van der Waals surface area contributed by atoms with Crippen molar-refractivity contribution in [2.24, 2.45) is 24.8 Å². The molecule has 1 aliphatic carbocycles. The zero-order valence-corrected chi connectivity index (χ0v) is 21.6. The lowest BCUT2D eigenvalue weighted by atomic mass is 9.96. The first-order valence-corrected chi connectivity index (χ1v) is 13.0. The zero-order chi connectivity index (χ0) is 27.5. The monoisotopic (exact) mass is 543 g/mol. The van der Waals surface area contributed by atoms with Gasteiger partial charge in [-0.05, 0) is 30.7 Å². The molecule has 0 spiro atoms. The van der Waals surface area contributed by atoms with Crippen molar-refractivity contribution in [2.45, 2.75) is 31.9 Å². The van der Waals surface area contributed by atoms with Crippen molar-refractivity contribution in [1.29, 1.82) is 0 Å². The summed E-state index contributed by atoms with van der Waals surface area (Å²) < 4.78 is 46.1. The second kappa shape index (κ2) is 9.45. The molecule has 3 atom stereocenters. The summed E-state index contributed by atoms with van der Waals surface area (Å²) in [5.41, 5.74) is 0.312. The van der Waals surface area contributed by atoms with Gasteiger partial charge in [0, 0.05) is 58.1 Å². The van der Waals surface area contributed by atoms with Crippen LogP contribution in [0.2, 0.25) is 0 Å². The Balaban J connectivity index is 1.06. The molecule has 6 rings (SSSR count). The molecule has 3 aromatic heterocycles. The van der Waals surface area contributed by atoms with Gasteiger partial charge in [0.25, 0.3) is 5.91 Å². The SMILES string of the molecule is CC(=O)N1CCC(c2nc3ncc(C(=O)N4C[C@@H]5C(COc6cccc(C(F)(F)F)n6)[C@@H]5C4)nc3n2C)CC1. The second-order valence-corrected chi connectivity index (χ2v) is 10.6. The lowest BCUT2D eigenvalue weighted by Crippen LogP contribution is -2.36. The van der Waals surface area contributed by atoms with E-state index < -0.39 is 11.9 Å². The maximum absolute atomic E-state index is 13.2. The van der Waals surface area contributed by atoms with E-state index in [1.54, 1.807) is 11.8 Å². The topological polar surface area (TPSA) is 106 Å². The van der Waals surface area contributed by atoms with Gasteiger partial charge in [-0.2, -0.15) is 13.2 Å². The number of piperidine rings is 2. The quantitative estimate of drug-likeness (QED) is 0.487. The van der Waals surface area contributed by atoms with E-state index in [4.69, 9.17) is 4.74 Å². The molecule has 0 aromatic carbocycles. The van der Waals surface area contributed by atoms with Crippen LogP contribution in [0, 0.1) is 17.8 Å². The van der Waals surface area contributed by atoms with Gasteiger partial charge in [-0.25, -0.2) is 19.9 Å². The lowest BCUT2D eigenvalue weighted by molar-refractivity contribution is -0.141. The van der Waals surface area contributed by atoms with E-state index in [9.17, 15) is 22.8 Å². The van der Waals surface area contributed by atoms with E-state index in [0.717, 1.165) is 24.7 Å². The van der Waals surface area contributed by atoms with Gasteiger partial charge in [0.1, 0.15) is 17.2 Å². The van der Waals surface area contributed by atoms with Gasteiger partial charge in [-0.1, -0.05) is 6.07 Å². The summed E-state index contributed by atoms with van der Waals surface area (Å²) >= 11 is 0. The minimum Gasteiger partial charge on any atom is -0.477 e. The highest BCUT2D eigenvalue weighted by molar-refractivity contribution is 5.93. The predicted octanol–water partition coefficient (Wildman–Crippen LogP) is 2.90. The van der Waals surface area contributed by atoms with Crippen molar-refractivity contribution in [2.75, 3.05) is 32.8 Å². The number of hydrogen-bond acceptors (Lipinski definition) is 7. The van der Waals surface area contributed by atoms with Gasteiger partial charge in [0.05, 0.1) is 12.8 Å². The molecule has 10 nitrogen and oxygen atoms in total. The van der Waals surface area contributed by atoms with E-state index in [1.807, 2.05) is 16.5 Å². The van der Waals surface area contributed by atoms with Gasteiger partial charge in [-0.3, -0.25) is 9.59 Å². The van der Waals surface area contributed by atoms with Crippen molar-refractivity contribution in [3.05, 3.63) is 41.6 Å². The molecule has 5 heterocycles. The molecule has 13 heteroatoms. The fourth-order valence-electron chi connectivity index (χ4n) is 5.95. The molecule has 206 valence electrons. The van der Waals surface area contributed by atoms with E-state index in [1.165, 1.54) is 18.3 Å². The number of aryl methyl sites for hydroxylation is 1. The summed E-state index contributed by atoms with van der Waals surface area (Å²) in [5.74, 6) is 1.53. The Morgan fingerprint density at radius 3 is 2.44 bits per heavy atom. The number of pyridine rings is 1. The molecule has 0 N–H and O–H groups in total. The number of amides is 2. The molecule has 0 radical (unpaired) electrons. The van der Waals surface area contributed by atoms with Crippen LogP contribution in [0.5, 0.6) is 5.88 Å². The minimum atomic E-state index is -4.52. The Hall–Kier alpha value is -3.77. The summed E-state index contributed by atoms with van der Waals surface area (Å²) in [6, 6.07) is 3.60. The number of aromatic nitrogens is 5. The largest absolute Gasteiger partial charge is 0.477 e. The number of alkyl halides is 3. The predicted molar refractivity (Wildman–Crippen MR) is 132 cm³/mol. The summed E-state index contributed by atoms with van der Waals surface area (Å²) in [6.45, 7) is 4.30. The van der Waals surface area contributed by atoms with Gasteiger partial charge < -0.3 is 19.1 Å². The summed E-state index contributed by atoms with van der Waals surface area (Å²) in [7, 11) is 1.87. The molecule has 2 saturated heterocycles. The number of rotatable bonds is 5. The highest BCUT2D eigenvalue weighted by Gasteiger charge is 2.57. The Kier molecular flexibility index (Phi) is 6.18. The summed E-state index contributed by atoms with van der Waals surface area (Å²) in [6.07, 6.45) is -1.43. The first kappa shape index (κ1) is 25.5. The van der Waals surface area contributed by atoms with Gasteiger partial charge in [0.2, 0.25) is 11.8 Å². The van der Waals surface area contributed by atoms with Crippen LogP contribution < -0.4 is 4.74 Å². The maximum atomic E-state index is 13.2. The molecule has 0 bridgehead atoms. The first-order valence-electron chi connectivity index (χ1n) is 13.0. The number of carbonyl (C=O) groups excluding carboxylic acids is 2. The molecule has 3 aliphatic rings. The number of likely N-dealkylation sites (tertiary alicyclic amines) is 2. The standard InChI is InChI=1S/C26H28F3N7O3/c1-14(37)35-8-6-15(7-9-35)23-33-22-24(34(23)2)31-19(10-30-22)25(38)36-11-16-17(12-36)18(16)13-39-21-5-3-4-20(32-21)26(27,28)29/h3-5,10,15-18H,6-9,11-13H2,1-2H3/t16-,17+,18?. The molecule has 2 aliphatic heterocycles. The Morgan fingerprint density at radius 2 is 1.77 bits per heavy atom. The number of carbonyl (C=O) groups is 2. The average Bonchev–Trinajstić information content (AvgIpc) is 3.21. The van der Waals surface area contributed by atoms with Gasteiger partial charge >= 0.3 is 6.18 Å². The third kappa shape index (κ3) is 4.78. The minimum absolute atomic E-state index is 0.0498. The summed E-state index contributed by atoms with van der Waals surface area (Å²) in [4.78, 5) is 45.7. The fraction of sp³-hybridized carbons (Fsp3) is 0.538. The van der Waals surface area contributed by atoms with Crippen LogP contribution in [0.15, 0.2) is 24.4 Å². The number of ether oxygens (including phenoxy) is 1. The van der Waals surface area contributed by atoms with Crippen molar-refractivity contribution in [3.63, 3.8) is 0 Å². The zero-order valence-electron chi connectivity index (χ0n) is 21.6. The van der Waals surface area contributed by atoms with Crippen LogP contribution in [0.25, 0.3) is 11.3 Å². The lowest BCUT2D eigenvalue weighted by Gasteiger charge is -2.30. The number of nitrogens with zero attached hydrogens (tertiary/aromatic N) is 7. The highest BCUT2D eigenvalue weighted by atomic mass is 19.4. The molecule has 1 unspecified atom stereocenters. The van der Waals surface area contributed by atoms with E-state index in [2.05, 4.69) is 19.9 Å². The van der Waals surface area contributed by atoms with Crippen molar-refractivity contribution in [1.82, 2.24) is 34.3 Å². The van der Waals surface area contributed by atoms with E-state index in [0.29, 0.717) is 37.5 Å². The average molecular weight is 544 g/mol. The third-order valence-electron chi connectivity index (χ3n) is 8.24. The Bertz CT molecular complexity index is 1420. The first-order chi connectivity index (χ1) is 18.6. The third-order valence-corrected chi connectivity index (χ3v) is 8.24.